The molecule has 0 aliphatic rings. The number of carbonyl (C=O) groups is 1. The molecule has 0 spiro atoms. The molecule has 1 aromatic carbocycles. The number of aryl methyl sites for hydroxylation is 1. The lowest BCUT2D eigenvalue weighted by atomic mass is 10.2. The van der Waals surface area contributed by atoms with Gasteiger partial charge in [-0.15, -0.1) is 10.2 Å². The number of aromatic nitrogens is 2. The van der Waals surface area contributed by atoms with Crippen LogP contribution >= 0.6 is 11.8 Å². The largest absolute Gasteiger partial charge is 0.484 e. The van der Waals surface area contributed by atoms with Gasteiger partial charge < -0.3 is 14.5 Å². The highest BCUT2D eigenvalue weighted by Crippen LogP contribution is 2.22. The van der Waals surface area contributed by atoms with Crippen LogP contribution in [0.2, 0.25) is 0 Å². The predicted octanol–water partition coefficient (Wildman–Crippen LogP) is 2.57. The maximum absolute atomic E-state index is 11.7. The van der Waals surface area contributed by atoms with Gasteiger partial charge in [0.2, 0.25) is 5.91 Å². The average Bonchev–Trinajstić information content (AvgIpc) is 2.93. The van der Waals surface area contributed by atoms with Crippen molar-refractivity contribution in [2.24, 2.45) is 0 Å². The molecule has 1 aromatic heterocycles. The summed E-state index contributed by atoms with van der Waals surface area (Å²) in [4.78, 5) is 11.7. The van der Waals surface area contributed by atoms with E-state index >= 15 is 0 Å². The third-order valence-electron chi connectivity index (χ3n) is 2.80. The van der Waals surface area contributed by atoms with Crippen molar-refractivity contribution in [3.8, 4) is 5.75 Å². The molecular formula is C15H19N3O3S. The monoisotopic (exact) mass is 321 g/mol. The second-order valence-corrected chi connectivity index (χ2v) is 6.01. The molecule has 2 aromatic rings. The maximum Gasteiger partial charge on any atom is 0.277 e. The fourth-order valence-corrected chi connectivity index (χ4v) is 2.44. The fourth-order valence-electron chi connectivity index (χ4n) is 1.72. The molecule has 0 aliphatic carbocycles. The molecule has 1 N–H and O–H groups in total. The third-order valence-corrected chi connectivity index (χ3v) is 3.73. The van der Waals surface area contributed by atoms with Crippen LogP contribution in [0.25, 0.3) is 0 Å². The van der Waals surface area contributed by atoms with Crippen LogP contribution in [0, 0.1) is 6.92 Å². The molecular weight excluding hydrogens is 302 g/mol. The third kappa shape index (κ3) is 4.77. The molecule has 1 heterocycles. The summed E-state index contributed by atoms with van der Waals surface area (Å²) in [5, 5.41) is 10.7. The van der Waals surface area contributed by atoms with E-state index in [-0.39, 0.29) is 17.8 Å². The number of hydrogen-bond donors (Lipinski definition) is 1. The number of carbonyl (C=O) groups excluding carboxylic acids is 1. The zero-order valence-electron chi connectivity index (χ0n) is 12.8. The molecule has 0 saturated carbocycles. The van der Waals surface area contributed by atoms with Crippen LogP contribution < -0.4 is 10.1 Å². The zero-order chi connectivity index (χ0) is 15.9. The number of nitrogens with one attached hydrogen (secondary N) is 1. The first kappa shape index (κ1) is 16.4. The van der Waals surface area contributed by atoms with Gasteiger partial charge in [-0.2, -0.15) is 0 Å². The summed E-state index contributed by atoms with van der Waals surface area (Å²) in [6.07, 6.45) is 0. The van der Waals surface area contributed by atoms with E-state index in [1.54, 1.807) is 6.92 Å². The molecule has 1 amide bonds. The Morgan fingerprint density at radius 2 is 2.27 bits per heavy atom. The van der Waals surface area contributed by atoms with Gasteiger partial charge in [0, 0.05) is 6.54 Å². The number of hydrogen-bond acceptors (Lipinski definition) is 6. The van der Waals surface area contributed by atoms with E-state index in [1.807, 2.05) is 38.1 Å². The fraction of sp³-hybridized carbons (Fsp3) is 0.400. The second-order valence-electron chi connectivity index (χ2n) is 4.72. The summed E-state index contributed by atoms with van der Waals surface area (Å²) in [5.74, 6) is 1.08. The van der Waals surface area contributed by atoms with E-state index in [9.17, 15) is 4.79 Å². The number of amides is 1. The summed E-state index contributed by atoms with van der Waals surface area (Å²) in [7, 11) is 0. The van der Waals surface area contributed by atoms with E-state index in [0.29, 0.717) is 17.7 Å². The maximum atomic E-state index is 11.7. The smallest absolute Gasteiger partial charge is 0.277 e. The van der Waals surface area contributed by atoms with E-state index < -0.39 is 0 Å². The summed E-state index contributed by atoms with van der Waals surface area (Å²) in [5.41, 5.74) is 1.12. The van der Waals surface area contributed by atoms with E-state index in [2.05, 4.69) is 15.5 Å². The molecule has 7 heteroatoms. The van der Waals surface area contributed by atoms with E-state index in [1.165, 1.54) is 11.8 Å². The van der Waals surface area contributed by atoms with Crippen molar-refractivity contribution >= 4 is 17.7 Å². The lowest BCUT2D eigenvalue weighted by Crippen LogP contribution is -2.30. The highest BCUT2D eigenvalue weighted by atomic mass is 32.2. The molecule has 118 valence electrons. The lowest BCUT2D eigenvalue weighted by molar-refractivity contribution is -0.120. The number of thioether (sulfide) groups is 1. The highest BCUT2D eigenvalue weighted by Gasteiger charge is 2.17. The van der Waals surface area contributed by atoms with Crippen LogP contribution in [0.5, 0.6) is 5.75 Å². The Labute approximate surface area is 133 Å². The van der Waals surface area contributed by atoms with Crippen molar-refractivity contribution in [3.63, 3.8) is 0 Å². The van der Waals surface area contributed by atoms with Crippen LogP contribution in [-0.2, 0) is 11.4 Å². The van der Waals surface area contributed by atoms with Crippen molar-refractivity contribution in [2.45, 2.75) is 37.9 Å². The van der Waals surface area contributed by atoms with Crippen molar-refractivity contribution < 1.29 is 13.9 Å². The normalized spacial score (nSPS) is 12.0. The number of nitrogens with zero attached hydrogens (tertiary/aromatic N) is 2. The summed E-state index contributed by atoms with van der Waals surface area (Å²) in [6.45, 7) is 6.47. The van der Waals surface area contributed by atoms with Gasteiger partial charge in [0.15, 0.2) is 6.61 Å². The van der Waals surface area contributed by atoms with E-state index in [4.69, 9.17) is 9.15 Å². The average molecular weight is 321 g/mol. The standard InChI is InChI=1S/C15H19N3O3S/c1-4-16-14(19)11(3)22-15-18-17-13(21-15)9-20-12-7-5-6-10(2)8-12/h5-8,11H,4,9H2,1-3H3,(H,16,19)/t11-/m0/s1. The van der Waals surface area contributed by atoms with Crippen molar-refractivity contribution in [1.29, 1.82) is 0 Å². The van der Waals surface area contributed by atoms with E-state index in [0.717, 1.165) is 11.3 Å². The molecule has 22 heavy (non-hydrogen) atoms. The number of rotatable bonds is 7. The minimum absolute atomic E-state index is 0.0525. The summed E-state index contributed by atoms with van der Waals surface area (Å²) < 4.78 is 11.1. The van der Waals surface area contributed by atoms with Crippen molar-refractivity contribution in [1.82, 2.24) is 15.5 Å². The second kappa shape index (κ2) is 7.84. The van der Waals surface area contributed by atoms with Crippen molar-refractivity contribution in [2.75, 3.05) is 6.54 Å². The molecule has 0 saturated heterocycles. The first-order chi connectivity index (χ1) is 10.6. The molecule has 2 rings (SSSR count). The van der Waals surface area contributed by atoms with Crippen LogP contribution in [0.3, 0.4) is 0 Å². The van der Waals surface area contributed by atoms with Gasteiger partial charge >= 0.3 is 0 Å². The minimum Gasteiger partial charge on any atom is -0.484 e. The van der Waals surface area contributed by atoms with Crippen LogP contribution in [0.15, 0.2) is 33.9 Å². The van der Waals surface area contributed by atoms with Crippen LogP contribution in [0.4, 0.5) is 0 Å². The van der Waals surface area contributed by atoms with Crippen LogP contribution in [0.1, 0.15) is 25.3 Å². The Morgan fingerprint density at radius 3 is 3.00 bits per heavy atom. The summed E-state index contributed by atoms with van der Waals surface area (Å²) >= 11 is 1.23. The molecule has 0 unspecified atom stereocenters. The first-order valence-corrected chi connectivity index (χ1v) is 7.92. The predicted molar refractivity (Wildman–Crippen MR) is 83.8 cm³/mol. The van der Waals surface area contributed by atoms with Crippen molar-refractivity contribution in [3.05, 3.63) is 35.7 Å². The van der Waals surface area contributed by atoms with Crippen LogP contribution in [-0.4, -0.2) is 27.9 Å². The lowest BCUT2D eigenvalue weighted by Gasteiger charge is -2.07. The molecule has 0 bridgehead atoms. The molecule has 0 aliphatic heterocycles. The zero-order valence-corrected chi connectivity index (χ0v) is 13.6. The molecule has 0 fully saturated rings. The number of ether oxygens (including phenoxy) is 1. The Hall–Kier alpha value is -2.02. The SMILES string of the molecule is CCNC(=O)[C@H](C)Sc1nnc(COc2cccc(C)c2)o1. The topological polar surface area (TPSA) is 77.2 Å². The Kier molecular flexibility index (Phi) is 5.83. The quantitative estimate of drug-likeness (QED) is 0.790. The molecule has 6 nitrogen and oxygen atoms in total. The van der Waals surface area contributed by atoms with Gasteiger partial charge in [0.1, 0.15) is 5.75 Å². The molecule has 0 radical (unpaired) electrons. The highest BCUT2D eigenvalue weighted by molar-refractivity contribution is 8.00. The first-order valence-electron chi connectivity index (χ1n) is 7.04. The minimum atomic E-state index is -0.286. The van der Waals surface area contributed by atoms with Gasteiger partial charge in [-0.05, 0) is 38.5 Å². The van der Waals surface area contributed by atoms with Gasteiger partial charge in [-0.3, -0.25) is 4.79 Å². The Bertz CT molecular complexity index is 630. The summed E-state index contributed by atoms with van der Waals surface area (Å²) in [6, 6.07) is 7.73. The Morgan fingerprint density at radius 1 is 1.45 bits per heavy atom. The number of benzene rings is 1. The van der Waals surface area contributed by atoms with Gasteiger partial charge in [0.05, 0.1) is 5.25 Å². The Balaban J connectivity index is 1.87. The van der Waals surface area contributed by atoms with Gasteiger partial charge in [-0.25, -0.2) is 0 Å². The van der Waals surface area contributed by atoms with Gasteiger partial charge in [0.25, 0.3) is 11.1 Å². The van der Waals surface area contributed by atoms with Gasteiger partial charge in [-0.1, -0.05) is 23.9 Å². The molecule has 1 atom stereocenters.